The van der Waals surface area contributed by atoms with Crippen LogP contribution in [0.5, 0.6) is 0 Å². The maximum absolute atomic E-state index is 13.2. The molecule has 26 heavy (non-hydrogen) atoms. The van der Waals surface area contributed by atoms with Crippen molar-refractivity contribution < 1.29 is 14.0 Å². The van der Waals surface area contributed by atoms with Crippen molar-refractivity contribution >= 4 is 35.0 Å². The second kappa shape index (κ2) is 7.91. The van der Waals surface area contributed by atoms with Gasteiger partial charge in [0, 0.05) is 17.8 Å². The molecule has 0 aromatic heterocycles. The highest BCUT2D eigenvalue weighted by Crippen LogP contribution is 2.42. The van der Waals surface area contributed by atoms with E-state index in [0.717, 1.165) is 5.56 Å². The summed E-state index contributed by atoms with van der Waals surface area (Å²) in [6.45, 7) is 3.99. The van der Waals surface area contributed by atoms with Crippen LogP contribution in [0.1, 0.15) is 31.2 Å². The molecule has 6 heteroatoms. The molecule has 0 radical (unpaired) electrons. The van der Waals surface area contributed by atoms with Gasteiger partial charge in [-0.3, -0.25) is 14.5 Å². The number of halogens is 1. The number of hydrogen-bond acceptors (Lipinski definition) is 3. The molecule has 1 saturated heterocycles. The standard InChI is InChI=1S/C20H21FN2O2S/c1-13(2)10-18(24)22-16-5-3-4-14(11-16)20-23(19(25)12-26-20)17-8-6-15(21)7-9-17/h3-9,11,13,20H,10,12H2,1-2H3,(H,22,24)/t20-/m1/s1. The molecule has 1 N–H and O–H groups in total. The molecule has 4 nitrogen and oxygen atoms in total. The third-order valence-electron chi connectivity index (χ3n) is 4.02. The first-order valence-electron chi connectivity index (χ1n) is 8.53. The minimum atomic E-state index is -0.334. The second-order valence-electron chi connectivity index (χ2n) is 6.68. The summed E-state index contributed by atoms with van der Waals surface area (Å²) in [5.41, 5.74) is 2.31. The van der Waals surface area contributed by atoms with E-state index in [1.54, 1.807) is 17.0 Å². The van der Waals surface area contributed by atoms with Crippen LogP contribution in [0, 0.1) is 11.7 Å². The Labute approximate surface area is 156 Å². The van der Waals surface area contributed by atoms with E-state index >= 15 is 0 Å². The van der Waals surface area contributed by atoms with Crippen molar-refractivity contribution in [3.8, 4) is 0 Å². The number of nitrogens with one attached hydrogen (secondary N) is 1. The van der Waals surface area contributed by atoms with Gasteiger partial charge in [0.05, 0.1) is 5.75 Å². The summed E-state index contributed by atoms with van der Waals surface area (Å²) in [6, 6.07) is 13.5. The topological polar surface area (TPSA) is 49.4 Å². The summed E-state index contributed by atoms with van der Waals surface area (Å²) >= 11 is 1.52. The van der Waals surface area contributed by atoms with Crippen LogP contribution in [0.25, 0.3) is 0 Å². The summed E-state index contributed by atoms with van der Waals surface area (Å²) in [7, 11) is 0. The smallest absolute Gasteiger partial charge is 0.238 e. The molecule has 0 aliphatic carbocycles. The predicted octanol–water partition coefficient (Wildman–Crippen LogP) is 4.59. The van der Waals surface area contributed by atoms with Crippen molar-refractivity contribution in [1.82, 2.24) is 0 Å². The molecule has 136 valence electrons. The van der Waals surface area contributed by atoms with Crippen molar-refractivity contribution in [3.05, 3.63) is 59.9 Å². The van der Waals surface area contributed by atoms with Crippen LogP contribution >= 0.6 is 11.8 Å². The second-order valence-corrected chi connectivity index (χ2v) is 7.74. The third-order valence-corrected chi connectivity index (χ3v) is 5.23. The maximum atomic E-state index is 13.2. The average Bonchev–Trinajstić information content (AvgIpc) is 2.97. The normalized spacial score (nSPS) is 17.0. The number of carbonyl (C=O) groups excluding carboxylic acids is 2. The lowest BCUT2D eigenvalue weighted by molar-refractivity contribution is -0.117. The number of carbonyl (C=O) groups is 2. The van der Waals surface area contributed by atoms with Crippen LogP contribution in [0.3, 0.4) is 0 Å². The van der Waals surface area contributed by atoms with E-state index in [1.807, 2.05) is 38.1 Å². The average molecular weight is 372 g/mol. The van der Waals surface area contributed by atoms with Gasteiger partial charge in [0.2, 0.25) is 11.8 Å². The van der Waals surface area contributed by atoms with Crippen LogP contribution in [0.4, 0.5) is 15.8 Å². The number of nitrogens with zero attached hydrogens (tertiary/aromatic N) is 1. The Hall–Kier alpha value is -2.34. The predicted molar refractivity (Wildman–Crippen MR) is 104 cm³/mol. The fourth-order valence-electron chi connectivity index (χ4n) is 2.90. The zero-order chi connectivity index (χ0) is 18.7. The highest BCUT2D eigenvalue weighted by Gasteiger charge is 2.34. The number of rotatable bonds is 5. The molecule has 1 aliphatic heterocycles. The SMILES string of the molecule is CC(C)CC(=O)Nc1cccc([C@H]2SCC(=O)N2c2ccc(F)cc2)c1. The van der Waals surface area contributed by atoms with Gasteiger partial charge in [0.1, 0.15) is 11.2 Å². The van der Waals surface area contributed by atoms with Crippen molar-refractivity contribution in [2.45, 2.75) is 25.6 Å². The Bertz CT molecular complexity index is 808. The number of benzene rings is 2. The van der Waals surface area contributed by atoms with E-state index in [9.17, 15) is 14.0 Å². The molecular weight excluding hydrogens is 351 g/mol. The number of hydrogen-bond donors (Lipinski definition) is 1. The van der Waals surface area contributed by atoms with E-state index in [4.69, 9.17) is 0 Å². The summed E-state index contributed by atoms with van der Waals surface area (Å²) < 4.78 is 13.2. The van der Waals surface area contributed by atoms with Gasteiger partial charge in [-0.25, -0.2) is 4.39 Å². The van der Waals surface area contributed by atoms with Gasteiger partial charge in [-0.1, -0.05) is 26.0 Å². The summed E-state index contributed by atoms with van der Waals surface area (Å²) in [6.07, 6.45) is 0.461. The molecule has 1 heterocycles. The van der Waals surface area contributed by atoms with Crippen molar-refractivity contribution in [3.63, 3.8) is 0 Å². The summed E-state index contributed by atoms with van der Waals surface area (Å²) in [4.78, 5) is 26.1. The quantitative estimate of drug-likeness (QED) is 0.835. The van der Waals surface area contributed by atoms with Gasteiger partial charge in [0.25, 0.3) is 0 Å². The molecule has 0 bridgehead atoms. The van der Waals surface area contributed by atoms with Crippen molar-refractivity contribution in [2.24, 2.45) is 5.92 Å². The first-order valence-corrected chi connectivity index (χ1v) is 9.58. The van der Waals surface area contributed by atoms with Gasteiger partial charge in [-0.15, -0.1) is 11.8 Å². The van der Waals surface area contributed by atoms with Gasteiger partial charge in [0.15, 0.2) is 0 Å². The van der Waals surface area contributed by atoms with Crippen molar-refractivity contribution in [2.75, 3.05) is 16.0 Å². The number of anilines is 2. The Morgan fingerprint density at radius 3 is 2.69 bits per heavy atom. The largest absolute Gasteiger partial charge is 0.326 e. The molecule has 0 spiro atoms. The Balaban J connectivity index is 1.83. The van der Waals surface area contributed by atoms with Crippen LogP contribution in [-0.2, 0) is 9.59 Å². The van der Waals surface area contributed by atoms with Crippen LogP contribution in [-0.4, -0.2) is 17.6 Å². The van der Waals surface area contributed by atoms with E-state index in [-0.39, 0.29) is 28.9 Å². The van der Waals surface area contributed by atoms with Crippen LogP contribution in [0.2, 0.25) is 0 Å². The highest BCUT2D eigenvalue weighted by molar-refractivity contribution is 8.00. The third kappa shape index (κ3) is 4.25. The Morgan fingerprint density at radius 2 is 2.00 bits per heavy atom. The van der Waals surface area contributed by atoms with E-state index in [2.05, 4.69) is 5.32 Å². The minimum Gasteiger partial charge on any atom is -0.326 e. The number of amides is 2. The zero-order valence-electron chi connectivity index (χ0n) is 14.7. The molecule has 1 fully saturated rings. The summed E-state index contributed by atoms with van der Waals surface area (Å²) in [5, 5.41) is 2.71. The molecule has 2 aromatic rings. The fraction of sp³-hybridized carbons (Fsp3) is 0.300. The lowest BCUT2D eigenvalue weighted by Crippen LogP contribution is -2.27. The lowest BCUT2D eigenvalue weighted by atomic mass is 10.1. The van der Waals surface area contributed by atoms with Crippen LogP contribution in [0.15, 0.2) is 48.5 Å². The highest BCUT2D eigenvalue weighted by atomic mass is 32.2. The van der Waals surface area contributed by atoms with Gasteiger partial charge in [-0.2, -0.15) is 0 Å². The van der Waals surface area contributed by atoms with E-state index < -0.39 is 0 Å². The molecule has 2 amide bonds. The maximum Gasteiger partial charge on any atom is 0.238 e. The molecule has 1 aliphatic rings. The molecule has 1 atom stereocenters. The lowest BCUT2D eigenvalue weighted by Gasteiger charge is -2.24. The molecular formula is C20H21FN2O2S. The first-order chi connectivity index (χ1) is 12.4. The Morgan fingerprint density at radius 1 is 1.27 bits per heavy atom. The van der Waals surface area contributed by atoms with Gasteiger partial charge in [-0.05, 0) is 47.9 Å². The minimum absolute atomic E-state index is 0.0131. The fourth-order valence-corrected chi connectivity index (χ4v) is 4.07. The zero-order valence-corrected chi connectivity index (χ0v) is 15.6. The number of thioether (sulfide) groups is 1. The monoisotopic (exact) mass is 372 g/mol. The van der Waals surface area contributed by atoms with E-state index in [1.165, 1.54) is 23.9 Å². The van der Waals surface area contributed by atoms with Crippen molar-refractivity contribution in [1.29, 1.82) is 0 Å². The molecule has 0 saturated carbocycles. The first kappa shape index (κ1) is 18.5. The molecule has 2 aromatic carbocycles. The summed E-state index contributed by atoms with van der Waals surface area (Å²) in [5.74, 6) is 0.282. The van der Waals surface area contributed by atoms with Gasteiger partial charge < -0.3 is 5.32 Å². The molecule has 3 rings (SSSR count). The molecule has 0 unspecified atom stereocenters. The van der Waals surface area contributed by atoms with Crippen LogP contribution < -0.4 is 10.2 Å². The Kier molecular flexibility index (Phi) is 5.61. The van der Waals surface area contributed by atoms with Gasteiger partial charge >= 0.3 is 0 Å². The van der Waals surface area contributed by atoms with E-state index in [0.29, 0.717) is 23.5 Å².